The summed E-state index contributed by atoms with van der Waals surface area (Å²) in [6, 6.07) is 30.7. The number of aliphatic hydroxyl groups is 3. The summed E-state index contributed by atoms with van der Waals surface area (Å²) in [5, 5.41) is 49.2. The van der Waals surface area contributed by atoms with Gasteiger partial charge in [-0.1, -0.05) is 113 Å². The van der Waals surface area contributed by atoms with Gasteiger partial charge in [-0.3, -0.25) is 4.79 Å². The molecule has 4 rings (SSSR count). The molecule has 0 saturated heterocycles. The second kappa shape index (κ2) is 36.1. The molecule has 10 nitrogen and oxygen atoms in total. The van der Waals surface area contributed by atoms with Gasteiger partial charge in [-0.25, -0.2) is 0 Å². The summed E-state index contributed by atoms with van der Waals surface area (Å²) in [6.45, 7) is 6.00. The fourth-order valence-electron chi connectivity index (χ4n) is 7.24. The zero-order valence-electron chi connectivity index (χ0n) is 37.6. The van der Waals surface area contributed by atoms with Gasteiger partial charge >= 0.3 is 0 Å². The minimum atomic E-state index is -0.681. The van der Waals surface area contributed by atoms with Crippen molar-refractivity contribution < 1.29 is 39.8 Å². The first kappa shape index (κ1) is 57.9. The summed E-state index contributed by atoms with van der Waals surface area (Å²) in [5.41, 5.74) is 4.81. The second-order valence-electron chi connectivity index (χ2n) is 16.5. The van der Waals surface area contributed by atoms with Crippen LogP contribution in [-0.2, 0) is 28.9 Å². The number of rotatable bonds is 32. The number of hydrogen-bond acceptors (Lipinski definition) is 10. The number of benzene rings is 4. The van der Waals surface area contributed by atoms with E-state index in [0.29, 0.717) is 30.5 Å². The summed E-state index contributed by atoms with van der Waals surface area (Å²) in [5.74, 6) is -0.00145. The predicted molar refractivity (Wildman–Crippen MR) is 263 cm³/mol. The lowest BCUT2D eigenvalue weighted by molar-refractivity contribution is 0.111. The van der Waals surface area contributed by atoms with Crippen LogP contribution in [0.3, 0.4) is 0 Å². The molecule has 0 radical (unpaired) electrons. The van der Waals surface area contributed by atoms with E-state index in [0.717, 1.165) is 122 Å². The van der Waals surface area contributed by atoms with E-state index in [1.54, 1.807) is 24.3 Å². The van der Waals surface area contributed by atoms with Crippen LogP contribution in [0.2, 0.25) is 0 Å². The Kier molecular flexibility index (Phi) is 32.7. The molecule has 2 unspecified atom stereocenters. The summed E-state index contributed by atoms with van der Waals surface area (Å²) >= 11 is 0. The molecule has 5 N–H and O–H groups in total. The number of carbonyl (C=O) groups excluding carboxylic acids is 1. The lowest BCUT2D eigenvalue weighted by Gasteiger charge is -2.21. The Labute approximate surface area is 386 Å². The lowest BCUT2D eigenvalue weighted by atomic mass is 10.0. The van der Waals surface area contributed by atoms with Crippen LogP contribution in [0.25, 0.3) is 0 Å². The molecule has 0 amide bonds. The van der Waals surface area contributed by atoms with Crippen molar-refractivity contribution in [1.29, 1.82) is 0 Å². The van der Waals surface area contributed by atoms with Crippen molar-refractivity contribution in [2.24, 2.45) is 0 Å². The largest absolute Gasteiger partial charge is 0.508 e. The Morgan fingerprint density at radius 2 is 0.938 bits per heavy atom. The van der Waals surface area contributed by atoms with Crippen molar-refractivity contribution in [3.63, 3.8) is 0 Å². The number of unbranched alkanes of at least 4 members (excludes halogenated alkanes) is 8. The molecule has 0 aliphatic rings. The molecule has 0 fully saturated rings. The number of phenols is 2. The molecule has 64 heavy (non-hydrogen) atoms. The fraction of sp³-hybridized carbons (Fsp3) is 0.537. The molecule has 0 aliphatic heterocycles. The molecule has 0 heterocycles. The molecule has 0 saturated carbocycles. The maximum atomic E-state index is 10.9. The average Bonchev–Trinajstić information content (AvgIpc) is 3.28. The maximum Gasteiger partial charge on any atom is 0.153 e. The van der Waals surface area contributed by atoms with Crippen molar-refractivity contribution >= 4 is 6.29 Å². The van der Waals surface area contributed by atoms with Crippen LogP contribution in [0.15, 0.2) is 97.1 Å². The monoisotopic (exact) mass is 889 g/mol. The van der Waals surface area contributed by atoms with Crippen LogP contribution in [-0.4, -0.2) is 108 Å². The van der Waals surface area contributed by atoms with E-state index >= 15 is 0 Å². The number of carbonyl (C=O) groups is 1. The van der Waals surface area contributed by atoms with Crippen molar-refractivity contribution in [2.75, 3.05) is 66.7 Å². The normalized spacial score (nSPS) is 11.9. The number of likely N-dealkylation sites (N-methyl/N-ethyl adjacent to an activating group) is 2. The molecule has 2 atom stereocenters. The molecular weight excluding hydrogens is 805 g/mol. The summed E-state index contributed by atoms with van der Waals surface area (Å²) in [4.78, 5) is 15.2. The van der Waals surface area contributed by atoms with Crippen molar-refractivity contribution in [1.82, 2.24) is 9.80 Å². The lowest BCUT2D eigenvalue weighted by Crippen LogP contribution is -2.25. The highest BCUT2D eigenvalue weighted by Gasteiger charge is 2.14. The first-order valence-corrected chi connectivity index (χ1v) is 22.9. The van der Waals surface area contributed by atoms with Gasteiger partial charge in [0, 0.05) is 45.1 Å². The summed E-state index contributed by atoms with van der Waals surface area (Å²) in [7, 11) is 4.00. The number of aldehydes is 1. The Bertz CT molecular complexity index is 1730. The smallest absolute Gasteiger partial charge is 0.153 e. The molecule has 358 valence electrons. The SMILES string of the molecule is C.C.CN(CCCCCCOCCCCc1ccccc1)CC(O)c1ccc(O)c(C=O)c1.CN(CCCCCCOCCCCc1ccccc1)CC(O)c1ccc(O)c(CO)c1. The third kappa shape index (κ3) is 25.4. The van der Waals surface area contributed by atoms with Crippen LogP contribution in [0.1, 0.15) is 142 Å². The third-order valence-electron chi connectivity index (χ3n) is 11.0. The van der Waals surface area contributed by atoms with Gasteiger partial charge in [0.1, 0.15) is 11.5 Å². The van der Waals surface area contributed by atoms with Gasteiger partial charge in [0.25, 0.3) is 0 Å². The van der Waals surface area contributed by atoms with E-state index < -0.39 is 12.2 Å². The van der Waals surface area contributed by atoms with E-state index in [1.165, 1.54) is 36.1 Å². The van der Waals surface area contributed by atoms with Gasteiger partial charge in [0.05, 0.1) is 24.4 Å². The maximum absolute atomic E-state index is 10.9. The summed E-state index contributed by atoms with van der Waals surface area (Å²) < 4.78 is 11.5. The van der Waals surface area contributed by atoms with Crippen LogP contribution in [0, 0.1) is 0 Å². The fourth-order valence-corrected chi connectivity index (χ4v) is 7.24. The average molecular weight is 889 g/mol. The number of aliphatic hydroxyl groups excluding tert-OH is 3. The Hall–Kier alpha value is -4.13. The number of nitrogens with zero attached hydrogens (tertiary/aromatic N) is 2. The Morgan fingerprint density at radius 1 is 0.531 bits per heavy atom. The van der Waals surface area contributed by atoms with Gasteiger partial charge < -0.3 is 44.8 Å². The zero-order chi connectivity index (χ0) is 44.6. The summed E-state index contributed by atoms with van der Waals surface area (Å²) in [6.07, 6.45) is 15.1. The van der Waals surface area contributed by atoms with E-state index in [2.05, 4.69) is 70.5 Å². The minimum Gasteiger partial charge on any atom is -0.508 e. The van der Waals surface area contributed by atoms with Crippen molar-refractivity contribution in [2.45, 2.75) is 124 Å². The van der Waals surface area contributed by atoms with E-state index in [9.17, 15) is 30.3 Å². The quantitative estimate of drug-likeness (QED) is 0.0238. The van der Waals surface area contributed by atoms with Crippen molar-refractivity contribution in [3.05, 3.63) is 130 Å². The third-order valence-corrected chi connectivity index (χ3v) is 11.0. The minimum absolute atomic E-state index is 0. The predicted octanol–water partition coefficient (Wildman–Crippen LogP) is 10.5. The zero-order valence-corrected chi connectivity index (χ0v) is 37.6. The highest BCUT2D eigenvalue weighted by atomic mass is 16.5. The number of phenolic OH excluding ortho intramolecular Hbond substituents is 1. The first-order valence-electron chi connectivity index (χ1n) is 22.9. The number of ether oxygens (including phenoxy) is 2. The number of aryl methyl sites for hydroxylation is 2. The van der Waals surface area contributed by atoms with Crippen molar-refractivity contribution in [3.8, 4) is 11.5 Å². The van der Waals surface area contributed by atoms with Gasteiger partial charge in [0.15, 0.2) is 6.29 Å². The Morgan fingerprint density at radius 3 is 1.38 bits per heavy atom. The van der Waals surface area contributed by atoms with Gasteiger partial charge in [-0.15, -0.1) is 0 Å². The molecule has 0 bridgehead atoms. The van der Waals surface area contributed by atoms with Crippen LogP contribution < -0.4 is 0 Å². The van der Waals surface area contributed by atoms with Crippen LogP contribution in [0.4, 0.5) is 0 Å². The van der Waals surface area contributed by atoms with Gasteiger partial charge in [-0.05, 0) is 138 Å². The molecular formula is C54H84N2O8. The van der Waals surface area contributed by atoms with E-state index in [-0.39, 0.29) is 38.5 Å². The standard InChI is InChI=1S/C26H39NO4.C26H37NO4.2CH4/c2*1-27(20-26(30)23-14-15-25(29)24(19-23)21-28)16-8-2-3-9-17-31-18-10-7-13-22-11-5-4-6-12-22;;/h4-6,11-12,14-15,19,26,28-30H,2-3,7-10,13,16-18,20-21H2,1H3;4-6,11-12,14-15,19,21,26,29-30H,2-3,7-10,13,16-18,20H2,1H3;2*1H4. The molecule has 0 spiro atoms. The second-order valence-corrected chi connectivity index (χ2v) is 16.5. The van der Waals surface area contributed by atoms with Gasteiger partial charge in [0.2, 0.25) is 0 Å². The molecule has 0 aliphatic carbocycles. The molecule has 0 aromatic heterocycles. The molecule has 10 heteroatoms. The highest BCUT2D eigenvalue weighted by Crippen LogP contribution is 2.24. The van der Waals surface area contributed by atoms with Gasteiger partial charge in [-0.2, -0.15) is 0 Å². The van der Waals surface area contributed by atoms with E-state index in [4.69, 9.17) is 9.47 Å². The van der Waals surface area contributed by atoms with E-state index in [1.807, 2.05) is 14.1 Å². The topological polar surface area (TPSA) is 143 Å². The molecule has 4 aromatic carbocycles. The Balaban J connectivity index is 0.000000621. The number of aromatic hydroxyl groups is 2. The first-order chi connectivity index (χ1) is 30.2. The highest BCUT2D eigenvalue weighted by molar-refractivity contribution is 5.79. The van der Waals surface area contributed by atoms with Crippen LogP contribution in [0.5, 0.6) is 11.5 Å². The molecule has 4 aromatic rings. The number of hydrogen-bond donors (Lipinski definition) is 5. The van der Waals surface area contributed by atoms with Crippen LogP contribution >= 0.6 is 0 Å².